The fourth-order valence-corrected chi connectivity index (χ4v) is 5.69. The molecule has 1 aromatic rings. The largest absolute Gasteiger partial charge is 0.464 e. The van der Waals surface area contributed by atoms with Gasteiger partial charge in [0.1, 0.15) is 6.54 Å². The van der Waals surface area contributed by atoms with Crippen molar-refractivity contribution in [1.29, 1.82) is 0 Å². The summed E-state index contributed by atoms with van der Waals surface area (Å²) in [6.07, 6.45) is 11.2. The van der Waals surface area contributed by atoms with Crippen molar-refractivity contribution < 1.29 is 19.1 Å². The van der Waals surface area contributed by atoms with Crippen molar-refractivity contribution in [3.8, 4) is 0 Å². The van der Waals surface area contributed by atoms with Gasteiger partial charge in [0.25, 0.3) is 0 Å². The second kappa shape index (κ2) is 12.4. The first-order valence-electron chi connectivity index (χ1n) is 13.5. The lowest BCUT2D eigenvalue weighted by molar-refractivity contribution is -0.144. The number of carbonyl (C=O) groups is 3. The Morgan fingerprint density at radius 2 is 1.75 bits per heavy atom. The SMILES string of the molecule is CN(CC1CCCC1)C(=O)CCC(=O)c1ccc2c(c1)CN(CC(=O)OCCC1CCCC1)C(N)=N2. The fraction of sp³-hybridized carbons (Fsp3) is 0.643. The van der Waals surface area contributed by atoms with E-state index in [4.69, 9.17) is 10.5 Å². The Morgan fingerprint density at radius 3 is 2.47 bits per heavy atom. The van der Waals surface area contributed by atoms with E-state index in [1.807, 2.05) is 7.05 Å². The van der Waals surface area contributed by atoms with Gasteiger partial charge in [0.2, 0.25) is 5.91 Å². The third-order valence-corrected chi connectivity index (χ3v) is 7.90. The summed E-state index contributed by atoms with van der Waals surface area (Å²) in [7, 11) is 1.83. The summed E-state index contributed by atoms with van der Waals surface area (Å²) in [5.74, 6) is 1.16. The predicted molar refractivity (Wildman–Crippen MR) is 139 cm³/mol. The number of hydrogen-bond acceptors (Lipinski definition) is 7. The van der Waals surface area contributed by atoms with E-state index in [1.54, 1.807) is 28.0 Å². The number of nitrogens with zero attached hydrogens (tertiary/aromatic N) is 3. The minimum absolute atomic E-state index is 0.0169. The van der Waals surface area contributed by atoms with Gasteiger partial charge in [-0.05, 0) is 54.9 Å². The number of aliphatic imine (C=N–C) groups is 1. The van der Waals surface area contributed by atoms with Gasteiger partial charge in [0.05, 0.1) is 12.3 Å². The molecule has 0 aromatic heterocycles. The number of rotatable bonds is 11. The molecule has 8 heteroatoms. The molecule has 4 rings (SSSR count). The number of guanidine groups is 1. The summed E-state index contributed by atoms with van der Waals surface area (Å²) < 4.78 is 5.44. The number of ether oxygens (including phenoxy) is 1. The average molecular weight is 497 g/mol. The quantitative estimate of drug-likeness (QED) is 0.364. The molecular weight excluding hydrogens is 456 g/mol. The molecule has 3 aliphatic rings. The van der Waals surface area contributed by atoms with E-state index < -0.39 is 0 Å². The van der Waals surface area contributed by atoms with E-state index in [9.17, 15) is 14.4 Å². The van der Waals surface area contributed by atoms with Crippen LogP contribution in [0.4, 0.5) is 5.69 Å². The van der Waals surface area contributed by atoms with Crippen LogP contribution in [0.1, 0.15) is 86.6 Å². The minimum Gasteiger partial charge on any atom is -0.464 e. The first kappa shape index (κ1) is 26.2. The van der Waals surface area contributed by atoms with Gasteiger partial charge < -0.3 is 20.3 Å². The summed E-state index contributed by atoms with van der Waals surface area (Å²) in [6.45, 7) is 1.63. The summed E-state index contributed by atoms with van der Waals surface area (Å²) >= 11 is 0. The molecule has 1 aliphatic heterocycles. The van der Waals surface area contributed by atoms with Gasteiger partial charge >= 0.3 is 5.97 Å². The number of fused-ring (bicyclic) bond motifs is 1. The number of esters is 1. The molecule has 2 N–H and O–H groups in total. The Labute approximate surface area is 214 Å². The average Bonchev–Trinajstić information content (AvgIpc) is 3.57. The molecule has 36 heavy (non-hydrogen) atoms. The molecule has 0 spiro atoms. The van der Waals surface area contributed by atoms with Crippen molar-refractivity contribution in [2.45, 2.75) is 77.2 Å². The Hall–Kier alpha value is -2.90. The molecular formula is C28H40N4O4. The fourth-order valence-electron chi connectivity index (χ4n) is 5.69. The van der Waals surface area contributed by atoms with Crippen molar-refractivity contribution >= 4 is 29.3 Å². The Kier molecular flexibility index (Phi) is 8.99. The van der Waals surface area contributed by atoms with Crippen LogP contribution in [0.5, 0.6) is 0 Å². The maximum atomic E-state index is 12.8. The maximum absolute atomic E-state index is 12.8. The summed E-state index contributed by atoms with van der Waals surface area (Å²) in [5, 5.41) is 0. The van der Waals surface area contributed by atoms with Crippen LogP contribution in [0.25, 0.3) is 0 Å². The number of ketones is 1. The van der Waals surface area contributed by atoms with Crippen LogP contribution in [-0.4, -0.2) is 60.2 Å². The minimum atomic E-state index is -0.318. The first-order chi connectivity index (χ1) is 17.4. The highest BCUT2D eigenvalue weighted by atomic mass is 16.5. The van der Waals surface area contributed by atoms with Crippen LogP contribution in [-0.2, 0) is 20.9 Å². The molecule has 8 nitrogen and oxygen atoms in total. The van der Waals surface area contributed by atoms with Gasteiger partial charge in [-0.1, -0.05) is 38.5 Å². The van der Waals surface area contributed by atoms with E-state index in [2.05, 4.69) is 4.99 Å². The van der Waals surface area contributed by atoms with E-state index in [-0.39, 0.29) is 43.0 Å². The monoisotopic (exact) mass is 496 g/mol. The molecule has 2 aliphatic carbocycles. The number of nitrogens with two attached hydrogens (primary N) is 1. The van der Waals surface area contributed by atoms with Gasteiger partial charge in [-0.15, -0.1) is 0 Å². The second-order valence-corrected chi connectivity index (χ2v) is 10.7. The standard InChI is InChI=1S/C28H40N4O4/c1-31(17-21-8-4-5-9-21)26(34)13-12-25(33)22-10-11-24-23(16-22)18-32(28(29)30-24)19-27(35)36-15-14-20-6-2-3-7-20/h10-11,16,20-21H,2-9,12-15,17-19H2,1H3,(H2,29,30). The Bertz CT molecular complexity index is 980. The van der Waals surface area contributed by atoms with E-state index >= 15 is 0 Å². The van der Waals surface area contributed by atoms with E-state index in [1.165, 1.54) is 51.4 Å². The molecule has 0 unspecified atom stereocenters. The number of carbonyl (C=O) groups excluding carboxylic acids is 3. The van der Waals surface area contributed by atoms with Gasteiger partial charge in [0.15, 0.2) is 11.7 Å². The van der Waals surface area contributed by atoms with Gasteiger partial charge in [0, 0.05) is 38.5 Å². The third-order valence-electron chi connectivity index (χ3n) is 7.90. The van der Waals surface area contributed by atoms with Gasteiger partial charge in [-0.2, -0.15) is 0 Å². The second-order valence-electron chi connectivity index (χ2n) is 10.7. The summed E-state index contributed by atoms with van der Waals surface area (Å²) in [5.41, 5.74) is 8.17. The van der Waals surface area contributed by atoms with Crippen LogP contribution in [0.3, 0.4) is 0 Å². The zero-order valence-corrected chi connectivity index (χ0v) is 21.5. The first-order valence-corrected chi connectivity index (χ1v) is 13.5. The number of amides is 1. The van der Waals surface area contributed by atoms with Crippen LogP contribution in [0, 0.1) is 11.8 Å². The normalized spacial score (nSPS) is 18.1. The number of benzene rings is 1. The van der Waals surface area contributed by atoms with Crippen LogP contribution in [0.2, 0.25) is 0 Å². The lowest BCUT2D eigenvalue weighted by Gasteiger charge is -2.27. The van der Waals surface area contributed by atoms with Crippen molar-refractivity contribution in [3.05, 3.63) is 29.3 Å². The Balaban J connectivity index is 1.26. The summed E-state index contributed by atoms with van der Waals surface area (Å²) in [6, 6.07) is 5.32. The molecule has 196 valence electrons. The molecule has 2 fully saturated rings. The molecule has 1 amide bonds. The van der Waals surface area contributed by atoms with Gasteiger partial charge in [-0.3, -0.25) is 14.4 Å². The molecule has 0 saturated heterocycles. The predicted octanol–water partition coefficient (Wildman–Crippen LogP) is 4.18. The topological polar surface area (TPSA) is 105 Å². The molecule has 0 bridgehead atoms. The number of Topliss-reactive ketones (excluding diaryl/α,β-unsaturated/α-hetero) is 1. The molecule has 1 heterocycles. The van der Waals surface area contributed by atoms with Crippen molar-refractivity contribution in [2.24, 2.45) is 22.6 Å². The molecule has 0 atom stereocenters. The third kappa shape index (κ3) is 7.08. The maximum Gasteiger partial charge on any atom is 0.325 e. The molecule has 1 aromatic carbocycles. The lowest BCUT2D eigenvalue weighted by Crippen LogP contribution is -2.42. The highest BCUT2D eigenvalue weighted by Gasteiger charge is 2.24. The van der Waals surface area contributed by atoms with E-state index in [0.717, 1.165) is 18.5 Å². The van der Waals surface area contributed by atoms with Crippen LogP contribution in [0.15, 0.2) is 23.2 Å². The highest BCUT2D eigenvalue weighted by Crippen LogP contribution is 2.29. The molecule has 0 radical (unpaired) electrons. The Morgan fingerprint density at radius 1 is 1.06 bits per heavy atom. The number of hydrogen-bond donors (Lipinski definition) is 1. The van der Waals surface area contributed by atoms with Crippen molar-refractivity contribution in [3.63, 3.8) is 0 Å². The highest BCUT2D eigenvalue weighted by molar-refractivity contribution is 5.99. The van der Waals surface area contributed by atoms with Crippen LogP contribution >= 0.6 is 0 Å². The van der Waals surface area contributed by atoms with Crippen LogP contribution < -0.4 is 5.73 Å². The smallest absolute Gasteiger partial charge is 0.325 e. The van der Waals surface area contributed by atoms with Gasteiger partial charge in [-0.25, -0.2) is 4.99 Å². The lowest BCUT2D eigenvalue weighted by atomic mass is 10.0. The molecule has 2 saturated carbocycles. The zero-order chi connectivity index (χ0) is 25.5. The van der Waals surface area contributed by atoms with E-state index in [0.29, 0.717) is 36.2 Å². The summed E-state index contributed by atoms with van der Waals surface area (Å²) in [4.78, 5) is 45.6. The zero-order valence-electron chi connectivity index (χ0n) is 21.5. The van der Waals surface area contributed by atoms with Crippen molar-refractivity contribution in [1.82, 2.24) is 9.80 Å². The van der Waals surface area contributed by atoms with Crippen molar-refractivity contribution in [2.75, 3.05) is 26.7 Å².